The summed E-state index contributed by atoms with van der Waals surface area (Å²) in [7, 11) is 0. The number of carboxylic acid groups (broad SMARTS) is 1. The van der Waals surface area contributed by atoms with Crippen molar-refractivity contribution < 1.29 is 14.7 Å². The van der Waals surface area contributed by atoms with Crippen molar-refractivity contribution in [3.8, 4) is 0 Å². The van der Waals surface area contributed by atoms with Gasteiger partial charge in [0.25, 0.3) is 0 Å². The quantitative estimate of drug-likeness (QED) is 0.759. The Morgan fingerprint density at radius 3 is 2.54 bits per heavy atom. The molecule has 0 saturated carbocycles. The SMILES string of the molecule is Cc1ccc(CCCC(=O)NC(CC(=O)O)c2ccccc2C)s1. The number of amides is 1. The number of rotatable bonds is 8. The molecule has 0 aliphatic carbocycles. The first-order chi connectivity index (χ1) is 11.5. The zero-order valence-electron chi connectivity index (χ0n) is 14.0. The summed E-state index contributed by atoms with van der Waals surface area (Å²) < 4.78 is 0. The number of aliphatic carboxylic acids is 1. The fraction of sp³-hybridized carbons (Fsp3) is 0.368. The highest BCUT2D eigenvalue weighted by Crippen LogP contribution is 2.21. The molecule has 0 bridgehead atoms. The minimum Gasteiger partial charge on any atom is -0.481 e. The van der Waals surface area contributed by atoms with Crippen molar-refractivity contribution in [2.75, 3.05) is 0 Å². The molecule has 1 unspecified atom stereocenters. The van der Waals surface area contributed by atoms with Gasteiger partial charge in [-0.25, -0.2) is 0 Å². The molecule has 0 spiro atoms. The minimum atomic E-state index is -0.919. The van der Waals surface area contributed by atoms with Gasteiger partial charge in [0.1, 0.15) is 0 Å². The molecule has 0 aliphatic rings. The number of carbonyl (C=O) groups excluding carboxylic acids is 1. The van der Waals surface area contributed by atoms with Crippen LogP contribution < -0.4 is 5.32 Å². The van der Waals surface area contributed by atoms with Crippen molar-refractivity contribution in [2.24, 2.45) is 0 Å². The van der Waals surface area contributed by atoms with Crippen molar-refractivity contribution in [1.29, 1.82) is 0 Å². The molecule has 24 heavy (non-hydrogen) atoms. The van der Waals surface area contributed by atoms with Crippen LogP contribution in [0.3, 0.4) is 0 Å². The van der Waals surface area contributed by atoms with Gasteiger partial charge in [0.05, 0.1) is 12.5 Å². The lowest BCUT2D eigenvalue weighted by Crippen LogP contribution is -2.30. The summed E-state index contributed by atoms with van der Waals surface area (Å²) in [5.41, 5.74) is 1.85. The maximum Gasteiger partial charge on any atom is 0.305 e. The fourth-order valence-electron chi connectivity index (χ4n) is 2.70. The number of thiophene rings is 1. The third-order valence-electron chi connectivity index (χ3n) is 3.90. The van der Waals surface area contributed by atoms with E-state index in [1.54, 1.807) is 11.3 Å². The molecular formula is C19H23NO3S. The van der Waals surface area contributed by atoms with Gasteiger partial charge in [-0.2, -0.15) is 0 Å². The third kappa shape index (κ3) is 5.49. The Balaban J connectivity index is 1.92. The molecule has 2 aromatic rings. The highest BCUT2D eigenvalue weighted by molar-refractivity contribution is 7.11. The van der Waals surface area contributed by atoms with Crippen LogP contribution in [0, 0.1) is 13.8 Å². The Bertz CT molecular complexity index is 708. The Morgan fingerprint density at radius 2 is 1.92 bits per heavy atom. The highest BCUT2D eigenvalue weighted by atomic mass is 32.1. The largest absolute Gasteiger partial charge is 0.481 e. The zero-order chi connectivity index (χ0) is 17.5. The first-order valence-electron chi connectivity index (χ1n) is 8.07. The first-order valence-corrected chi connectivity index (χ1v) is 8.89. The Kier molecular flexibility index (Phi) is 6.55. The lowest BCUT2D eigenvalue weighted by molar-refractivity contribution is -0.137. The van der Waals surface area contributed by atoms with Crippen LogP contribution in [0.15, 0.2) is 36.4 Å². The average Bonchev–Trinajstić information content (AvgIpc) is 2.92. The van der Waals surface area contributed by atoms with Gasteiger partial charge in [-0.1, -0.05) is 24.3 Å². The van der Waals surface area contributed by atoms with Gasteiger partial charge in [0.15, 0.2) is 0 Å². The van der Waals surface area contributed by atoms with E-state index in [-0.39, 0.29) is 12.3 Å². The molecule has 1 aromatic carbocycles. The van der Waals surface area contributed by atoms with E-state index in [4.69, 9.17) is 5.11 Å². The van der Waals surface area contributed by atoms with Crippen LogP contribution in [0.1, 0.15) is 46.2 Å². The molecule has 0 fully saturated rings. The molecule has 128 valence electrons. The fourth-order valence-corrected chi connectivity index (χ4v) is 3.63. The lowest BCUT2D eigenvalue weighted by atomic mass is 9.98. The van der Waals surface area contributed by atoms with Crippen LogP contribution in [0.25, 0.3) is 0 Å². The summed E-state index contributed by atoms with van der Waals surface area (Å²) in [6, 6.07) is 11.3. The predicted molar refractivity (Wildman–Crippen MR) is 96.3 cm³/mol. The van der Waals surface area contributed by atoms with E-state index in [1.807, 2.05) is 31.2 Å². The van der Waals surface area contributed by atoms with Gasteiger partial charge in [0, 0.05) is 16.2 Å². The topological polar surface area (TPSA) is 66.4 Å². The summed E-state index contributed by atoms with van der Waals surface area (Å²) in [6.45, 7) is 4.00. The van der Waals surface area contributed by atoms with Gasteiger partial charge in [0.2, 0.25) is 5.91 Å². The smallest absolute Gasteiger partial charge is 0.305 e. The van der Waals surface area contributed by atoms with Crippen LogP contribution in [0.5, 0.6) is 0 Å². The Labute approximate surface area is 146 Å². The number of benzene rings is 1. The van der Waals surface area contributed by atoms with Gasteiger partial charge < -0.3 is 10.4 Å². The summed E-state index contributed by atoms with van der Waals surface area (Å²) in [4.78, 5) is 25.9. The monoisotopic (exact) mass is 345 g/mol. The minimum absolute atomic E-state index is 0.0993. The van der Waals surface area contributed by atoms with Crippen molar-refractivity contribution in [1.82, 2.24) is 5.32 Å². The van der Waals surface area contributed by atoms with Crippen molar-refractivity contribution in [3.63, 3.8) is 0 Å². The summed E-state index contributed by atoms with van der Waals surface area (Å²) in [5.74, 6) is -1.02. The number of carbonyl (C=O) groups is 2. The van der Waals surface area contributed by atoms with Crippen LogP contribution in [0.4, 0.5) is 0 Å². The predicted octanol–water partition coefficient (Wildman–Crippen LogP) is 4.02. The van der Waals surface area contributed by atoms with E-state index in [0.717, 1.165) is 24.0 Å². The Morgan fingerprint density at radius 1 is 1.17 bits per heavy atom. The molecule has 2 N–H and O–H groups in total. The lowest BCUT2D eigenvalue weighted by Gasteiger charge is -2.19. The maximum atomic E-state index is 12.2. The number of nitrogens with one attached hydrogen (secondary N) is 1. The second kappa shape index (κ2) is 8.64. The van der Waals surface area contributed by atoms with Crippen LogP contribution in [0.2, 0.25) is 0 Å². The molecule has 2 rings (SSSR count). The molecule has 1 atom stereocenters. The summed E-state index contributed by atoms with van der Waals surface area (Å²) in [5, 5.41) is 12.0. The molecule has 1 heterocycles. The second-order valence-electron chi connectivity index (χ2n) is 5.94. The molecule has 0 saturated heterocycles. The molecule has 5 heteroatoms. The van der Waals surface area contributed by atoms with Gasteiger partial charge in [-0.15, -0.1) is 11.3 Å². The van der Waals surface area contributed by atoms with E-state index < -0.39 is 12.0 Å². The van der Waals surface area contributed by atoms with Gasteiger partial charge in [-0.3, -0.25) is 9.59 Å². The number of carboxylic acids is 1. The molecular weight excluding hydrogens is 322 g/mol. The number of hydrogen-bond donors (Lipinski definition) is 2. The van der Waals surface area contributed by atoms with Crippen LogP contribution in [-0.4, -0.2) is 17.0 Å². The van der Waals surface area contributed by atoms with Crippen molar-refractivity contribution in [3.05, 3.63) is 57.3 Å². The standard InChI is InChI=1S/C19H23NO3S/c1-13-6-3-4-8-16(13)17(12-19(22)23)20-18(21)9-5-7-15-11-10-14(2)24-15/h3-4,6,8,10-11,17H,5,7,9,12H2,1-2H3,(H,20,21)(H,22,23). The molecule has 4 nitrogen and oxygen atoms in total. The third-order valence-corrected chi connectivity index (χ3v) is 4.96. The van der Waals surface area contributed by atoms with Gasteiger partial charge >= 0.3 is 5.97 Å². The van der Waals surface area contributed by atoms with E-state index in [2.05, 4.69) is 24.4 Å². The van der Waals surface area contributed by atoms with Gasteiger partial charge in [-0.05, 0) is 49.9 Å². The van der Waals surface area contributed by atoms with Crippen molar-refractivity contribution in [2.45, 2.75) is 45.6 Å². The average molecular weight is 345 g/mol. The van der Waals surface area contributed by atoms with E-state index in [9.17, 15) is 9.59 Å². The highest BCUT2D eigenvalue weighted by Gasteiger charge is 2.19. The second-order valence-corrected chi connectivity index (χ2v) is 7.31. The van der Waals surface area contributed by atoms with E-state index in [0.29, 0.717) is 6.42 Å². The summed E-state index contributed by atoms with van der Waals surface area (Å²) >= 11 is 1.75. The molecule has 0 aliphatic heterocycles. The molecule has 0 radical (unpaired) electrons. The zero-order valence-corrected chi connectivity index (χ0v) is 14.9. The van der Waals surface area contributed by atoms with Crippen LogP contribution in [-0.2, 0) is 16.0 Å². The first kappa shape index (κ1) is 18.2. The summed E-state index contributed by atoms with van der Waals surface area (Å²) in [6.07, 6.45) is 1.93. The van der Waals surface area contributed by atoms with E-state index in [1.165, 1.54) is 9.75 Å². The van der Waals surface area contributed by atoms with E-state index >= 15 is 0 Å². The van der Waals surface area contributed by atoms with Crippen molar-refractivity contribution >= 4 is 23.2 Å². The number of hydrogen-bond acceptors (Lipinski definition) is 3. The number of aryl methyl sites for hydroxylation is 3. The normalized spacial score (nSPS) is 11.9. The molecule has 1 aromatic heterocycles. The molecule has 1 amide bonds. The maximum absolute atomic E-state index is 12.2. The van der Waals surface area contributed by atoms with Crippen LogP contribution >= 0.6 is 11.3 Å². The Hall–Kier alpha value is -2.14.